The zero-order valence-corrected chi connectivity index (χ0v) is 14.1. The van der Waals surface area contributed by atoms with E-state index in [4.69, 9.17) is 0 Å². The molecule has 1 aromatic rings. The van der Waals surface area contributed by atoms with Crippen molar-refractivity contribution in [1.82, 2.24) is 4.90 Å². The van der Waals surface area contributed by atoms with Crippen molar-refractivity contribution in [2.24, 2.45) is 0 Å². The van der Waals surface area contributed by atoms with Crippen LogP contribution in [0.5, 0.6) is 0 Å². The molecule has 0 amide bonds. The molecule has 0 aliphatic carbocycles. The van der Waals surface area contributed by atoms with Gasteiger partial charge in [-0.05, 0) is 62.4 Å². The Labute approximate surface area is 134 Å². The summed E-state index contributed by atoms with van der Waals surface area (Å²) in [7, 11) is 0. The second kappa shape index (κ2) is 6.59. The van der Waals surface area contributed by atoms with Crippen LogP contribution in [0.15, 0.2) is 24.3 Å². The lowest BCUT2D eigenvalue weighted by Crippen LogP contribution is -2.50. The van der Waals surface area contributed by atoms with Gasteiger partial charge in [0, 0.05) is 25.3 Å². The van der Waals surface area contributed by atoms with E-state index in [1.165, 1.54) is 37.2 Å². The van der Waals surface area contributed by atoms with Gasteiger partial charge in [-0.15, -0.1) is 0 Å². The lowest BCUT2D eigenvalue weighted by Gasteiger charge is -2.41. The fourth-order valence-corrected chi connectivity index (χ4v) is 3.77. The van der Waals surface area contributed by atoms with Gasteiger partial charge in [-0.3, -0.25) is 0 Å². The van der Waals surface area contributed by atoms with E-state index >= 15 is 0 Å². The average molecular weight is 302 g/mol. The number of hydrogen-bond acceptors (Lipinski definition) is 3. The lowest BCUT2D eigenvalue weighted by atomic mass is 9.90. The maximum atomic E-state index is 10.8. The van der Waals surface area contributed by atoms with Crippen LogP contribution in [0.3, 0.4) is 0 Å². The van der Waals surface area contributed by atoms with E-state index in [0.29, 0.717) is 5.92 Å². The Morgan fingerprint density at radius 3 is 2.14 bits per heavy atom. The highest BCUT2D eigenvalue weighted by molar-refractivity contribution is 5.48. The van der Waals surface area contributed by atoms with Gasteiger partial charge in [0.1, 0.15) is 0 Å². The van der Waals surface area contributed by atoms with Gasteiger partial charge < -0.3 is 14.9 Å². The minimum atomic E-state index is -0.473. The van der Waals surface area contributed by atoms with Crippen LogP contribution in [0.25, 0.3) is 0 Å². The lowest BCUT2D eigenvalue weighted by molar-refractivity contribution is -0.0110. The van der Waals surface area contributed by atoms with Gasteiger partial charge >= 0.3 is 0 Å². The van der Waals surface area contributed by atoms with Crippen LogP contribution >= 0.6 is 0 Å². The first-order chi connectivity index (χ1) is 10.6. The number of nitrogens with zero attached hydrogens (tertiary/aromatic N) is 2. The molecular weight excluding hydrogens is 272 g/mol. The summed E-state index contributed by atoms with van der Waals surface area (Å²) in [6.07, 6.45) is 4.36. The van der Waals surface area contributed by atoms with E-state index < -0.39 is 5.60 Å². The van der Waals surface area contributed by atoms with Crippen molar-refractivity contribution in [3.8, 4) is 0 Å². The topological polar surface area (TPSA) is 26.7 Å². The summed E-state index contributed by atoms with van der Waals surface area (Å²) in [6.45, 7) is 9.60. The van der Waals surface area contributed by atoms with E-state index in [-0.39, 0.29) is 0 Å². The number of rotatable bonds is 4. The van der Waals surface area contributed by atoms with Crippen molar-refractivity contribution < 1.29 is 5.11 Å². The molecule has 0 aromatic heterocycles. The van der Waals surface area contributed by atoms with Crippen LogP contribution in [0.4, 0.5) is 5.69 Å². The molecule has 2 heterocycles. The predicted molar refractivity (Wildman–Crippen MR) is 92.6 cm³/mol. The first-order valence-electron chi connectivity index (χ1n) is 8.85. The number of aliphatic hydroxyl groups is 1. The molecule has 0 atom stereocenters. The molecule has 2 fully saturated rings. The number of benzene rings is 1. The summed E-state index contributed by atoms with van der Waals surface area (Å²) in [5, 5.41) is 10.8. The normalized spacial score (nSPS) is 22.5. The number of β-amino-alcohol motifs (C(OH)–C–C–N with tert-alkyl or cyclic N) is 1. The zero-order valence-electron chi connectivity index (χ0n) is 14.1. The van der Waals surface area contributed by atoms with Gasteiger partial charge in [0.25, 0.3) is 0 Å². The molecule has 0 unspecified atom stereocenters. The van der Waals surface area contributed by atoms with Crippen LogP contribution in [0.2, 0.25) is 0 Å². The number of hydrogen-bond donors (Lipinski definition) is 1. The summed E-state index contributed by atoms with van der Waals surface area (Å²) < 4.78 is 0. The maximum Gasteiger partial charge on any atom is 0.0807 e. The average Bonchev–Trinajstić information content (AvgIpc) is 3.00. The van der Waals surface area contributed by atoms with Crippen molar-refractivity contribution >= 4 is 5.69 Å². The third kappa shape index (κ3) is 3.64. The number of anilines is 1. The van der Waals surface area contributed by atoms with Crippen molar-refractivity contribution in [2.45, 2.75) is 51.0 Å². The molecular formula is C19H30N2O. The van der Waals surface area contributed by atoms with Gasteiger partial charge in [0.15, 0.2) is 0 Å². The van der Waals surface area contributed by atoms with E-state index in [2.05, 4.69) is 47.9 Å². The monoisotopic (exact) mass is 302 g/mol. The molecule has 1 aromatic carbocycles. The summed E-state index contributed by atoms with van der Waals surface area (Å²) in [5.74, 6) is 0.584. The smallest absolute Gasteiger partial charge is 0.0807 e. The molecule has 122 valence electrons. The Hall–Kier alpha value is -1.06. The van der Waals surface area contributed by atoms with E-state index in [1.54, 1.807) is 0 Å². The van der Waals surface area contributed by atoms with Gasteiger partial charge in [0.05, 0.1) is 5.60 Å². The van der Waals surface area contributed by atoms with Crippen molar-refractivity contribution in [3.63, 3.8) is 0 Å². The van der Waals surface area contributed by atoms with E-state index in [1.807, 2.05) is 0 Å². The third-order valence-electron chi connectivity index (χ3n) is 5.34. The molecule has 0 saturated carbocycles. The van der Waals surface area contributed by atoms with Crippen LogP contribution in [0.1, 0.15) is 51.0 Å². The maximum absolute atomic E-state index is 10.8. The van der Waals surface area contributed by atoms with Crippen LogP contribution in [-0.2, 0) is 0 Å². The second-order valence-corrected chi connectivity index (χ2v) is 7.44. The number of piperidine rings is 1. The molecule has 3 rings (SSSR count). The van der Waals surface area contributed by atoms with Gasteiger partial charge in [-0.2, -0.15) is 0 Å². The van der Waals surface area contributed by atoms with Crippen molar-refractivity contribution in [1.29, 1.82) is 0 Å². The van der Waals surface area contributed by atoms with Crippen LogP contribution in [-0.4, -0.2) is 48.3 Å². The first-order valence-corrected chi connectivity index (χ1v) is 8.85. The third-order valence-corrected chi connectivity index (χ3v) is 5.34. The number of likely N-dealkylation sites (tertiary alicyclic amines) is 1. The van der Waals surface area contributed by atoms with Gasteiger partial charge in [0.2, 0.25) is 0 Å². The fourth-order valence-electron chi connectivity index (χ4n) is 3.77. The highest BCUT2D eigenvalue weighted by Gasteiger charge is 2.34. The second-order valence-electron chi connectivity index (χ2n) is 7.44. The molecule has 0 spiro atoms. The standard InChI is InChI=1S/C19H30N2O/c1-16(2)17-5-7-18(8-6-17)21-13-9-19(22,10-14-21)15-20-11-3-4-12-20/h5-8,16,22H,3-4,9-15H2,1-2H3. The van der Waals surface area contributed by atoms with Crippen molar-refractivity contribution in [2.75, 3.05) is 37.6 Å². The first kappa shape index (κ1) is 15.8. The quantitative estimate of drug-likeness (QED) is 0.925. The summed E-state index contributed by atoms with van der Waals surface area (Å²) in [6, 6.07) is 8.95. The molecule has 2 saturated heterocycles. The molecule has 0 radical (unpaired) electrons. The van der Waals surface area contributed by atoms with E-state index in [9.17, 15) is 5.11 Å². The van der Waals surface area contributed by atoms with E-state index in [0.717, 1.165) is 32.5 Å². The molecule has 3 heteroatoms. The van der Waals surface area contributed by atoms with Crippen LogP contribution in [0, 0.1) is 0 Å². The Kier molecular flexibility index (Phi) is 4.74. The minimum absolute atomic E-state index is 0.473. The molecule has 22 heavy (non-hydrogen) atoms. The molecule has 3 nitrogen and oxygen atoms in total. The Balaban J connectivity index is 1.56. The van der Waals surface area contributed by atoms with Crippen LogP contribution < -0.4 is 4.90 Å². The predicted octanol–water partition coefficient (Wildman–Crippen LogP) is 3.24. The highest BCUT2D eigenvalue weighted by Crippen LogP contribution is 2.29. The highest BCUT2D eigenvalue weighted by atomic mass is 16.3. The largest absolute Gasteiger partial charge is 0.388 e. The SMILES string of the molecule is CC(C)c1ccc(N2CCC(O)(CN3CCCC3)CC2)cc1. The molecule has 2 aliphatic heterocycles. The summed E-state index contributed by atoms with van der Waals surface area (Å²) >= 11 is 0. The van der Waals surface area contributed by atoms with Gasteiger partial charge in [-0.25, -0.2) is 0 Å². The molecule has 2 aliphatic rings. The van der Waals surface area contributed by atoms with Crippen molar-refractivity contribution in [3.05, 3.63) is 29.8 Å². The Bertz CT molecular complexity index is 469. The Morgan fingerprint density at radius 1 is 1.00 bits per heavy atom. The molecule has 1 N–H and O–H groups in total. The zero-order chi connectivity index (χ0) is 15.6. The summed E-state index contributed by atoms with van der Waals surface area (Å²) in [5.41, 5.74) is 2.22. The van der Waals surface area contributed by atoms with Gasteiger partial charge in [-0.1, -0.05) is 26.0 Å². The fraction of sp³-hybridized carbons (Fsp3) is 0.684. The minimum Gasteiger partial charge on any atom is -0.388 e. The Morgan fingerprint density at radius 2 is 1.59 bits per heavy atom. The summed E-state index contributed by atoms with van der Waals surface area (Å²) in [4.78, 5) is 4.86. The molecule has 0 bridgehead atoms.